The largest absolute Gasteiger partial charge is 0.493 e. The minimum Gasteiger partial charge on any atom is -0.493 e. The molecule has 28 heavy (non-hydrogen) atoms. The molecular formula is C22H22N2O4. The Morgan fingerprint density at radius 2 is 1.93 bits per heavy atom. The highest BCUT2D eigenvalue weighted by Crippen LogP contribution is 2.33. The van der Waals surface area contributed by atoms with Crippen molar-refractivity contribution < 1.29 is 19.1 Å². The Bertz CT molecular complexity index is 967. The lowest BCUT2D eigenvalue weighted by molar-refractivity contribution is -0.132. The van der Waals surface area contributed by atoms with Crippen LogP contribution in [-0.2, 0) is 11.2 Å². The van der Waals surface area contributed by atoms with Crippen molar-refractivity contribution >= 4 is 11.7 Å². The van der Waals surface area contributed by atoms with Gasteiger partial charge in [-0.1, -0.05) is 24.3 Å². The minimum absolute atomic E-state index is 0.00535. The molecule has 0 aliphatic carbocycles. The second kappa shape index (κ2) is 7.38. The van der Waals surface area contributed by atoms with Crippen LogP contribution in [0.3, 0.4) is 0 Å². The molecular weight excluding hydrogens is 356 g/mol. The van der Waals surface area contributed by atoms with E-state index in [0.29, 0.717) is 35.8 Å². The Hall–Kier alpha value is -3.28. The van der Waals surface area contributed by atoms with Gasteiger partial charge >= 0.3 is 0 Å². The number of benzene rings is 2. The van der Waals surface area contributed by atoms with Gasteiger partial charge in [0, 0.05) is 24.7 Å². The van der Waals surface area contributed by atoms with Crippen LogP contribution in [0.1, 0.15) is 27.5 Å². The van der Waals surface area contributed by atoms with E-state index >= 15 is 0 Å². The Kier molecular flexibility index (Phi) is 4.77. The van der Waals surface area contributed by atoms with Gasteiger partial charge in [0.15, 0.2) is 17.3 Å². The molecule has 144 valence electrons. The molecule has 0 aromatic heterocycles. The molecule has 0 bridgehead atoms. The summed E-state index contributed by atoms with van der Waals surface area (Å²) in [4.78, 5) is 27.5. The SMILES string of the molecule is COc1ccc(C(=O)/C=C2/NC[C@H]3c4ccccc4CCN3C2=O)cc1OC. The minimum atomic E-state index is -0.257. The van der Waals surface area contributed by atoms with Gasteiger partial charge in [-0.15, -0.1) is 0 Å². The number of rotatable bonds is 4. The molecule has 1 N–H and O–H groups in total. The quantitative estimate of drug-likeness (QED) is 0.654. The van der Waals surface area contributed by atoms with Gasteiger partial charge in [0.1, 0.15) is 5.70 Å². The van der Waals surface area contributed by atoms with E-state index in [1.807, 2.05) is 17.0 Å². The number of hydrogen-bond acceptors (Lipinski definition) is 5. The van der Waals surface area contributed by atoms with E-state index in [0.717, 1.165) is 6.42 Å². The molecule has 2 aromatic carbocycles. The van der Waals surface area contributed by atoms with Gasteiger partial charge in [0.05, 0.1) is 20.3 Å². The van der Waals surface area contributed by atoms with Crippen molar-refractivity contribution in [2.24, 2.45) is 0 Å². The summed E-state index contributed by atoms with van der Waals surface area (Å²) in [7, 11) is 3.06. The number of methoxy groups -OCH3 is 2. The fourth-order valence-electron chi connectivity index (χ4n) is 3.87. The second-order valence-corrected chi connectivity index (χ2v) is 6.84. The zero-order chi connectivity index (χ0) is 19.7. The van der Waals surface area contributed by atoms with Crippen LogP contribution in [0.2, 0.25) is 0 Å². The summed E-state index contributed by atoms with van der Waals surface area (Å²) in [6, 6.07) is 13.2. The maximum atomic E-state index is 13.0. The first-order valence-electron chi connectivity index (χ1n) is 9.23. The third-order valence-electron chi connectivity index (χ3n) is 5.33. The number of carbonyl (C=O) groups excluding carboxylic acids is 2. The monoisotopic (exact) mass is 378 g/mol. The molecule has 2 aliphatic rings. The normalized spacial score (nSPS) is 19.5. The highest BCUT2D eigenvalue weighted by molar-refractivity contribution is 6.10. The lowest BCUT2D eigenvalue weighted by atomic mass is 9.90. The molecule has 1 amide bonds. The van der Waals surface area contributed by atoms with Gasteiger partial charge in [-0.3, -0.25) is 9.59 Å². The first-order valence-corrected chi connectivity index (χ1v) is 9.23. The third-order valence-corrected chi connectivity index (χ3v) is 5.33. The van der Waals surface area contributed by atoms with Crippen molar-refractivity contribution in [3.8, 4) is 11.5 Å². The number of nitrogens with zero attached hydrogens (tertiary/aromatic N) is 1. The van der Waals surface area contributed by atoms with Crippen LogP contribution in [0.4, 0.5) is 0 Å². The Morgan fingerprint density at radius 3 is 2.71 bits per heavy atom. The first-order chi connectivity index (χ1) is 13.6. The molecule has 1 atom stereocenters. The summed E-state index contributed by atoms with van der Waals surface area (Å²) in [6.07, 6.45) is 2.20. The number of fused-ring (bicyclic) bond motifs is 3. The maximum Gasteiger partial charge on any atom is 0.270 e. The summed E-state index contributed by atoms with van der Waals surface area (Å²) in [5.74, 6) is 0.628. The van der Waals surface area contributed by atoms with Gasteiger partial charge in [-0.25, -0.2) is 0 Å². The van der Waals surface area contributed by atoms with Crippen LogP contribution in [0.25, 0.3) is 0 Å². The van der Waals surface area contributed by atoms with Crippen molar-refractivity contribution in [2.75, 3.05) is 27.3 Å². The van der Waals surface area contributed by atoms with Crippen LogP contribution < -0.4 is 14.8 Å². The summed E-state index contributed by atoms with van der Waals surface area (Å²) in [5.41, 5.74) is 3.23. The molecule has 2 aliphatic heterocycles. The Balaban J connectivity index is 1.57. The average Bonchev–Trinajstić information content (AvgIpc) is 2.74. The van der Waals surface area contributed by atoms with Crippen LogP contribution in [-0.4, -0.2) is 43.9 Å². The van der Waals surface area contributed by atoms with Crippen LogP contribution in [0.15, 0.2) is 54.2 Å². The van der Waals surface area contributed by atoms with Gasteiger partial charge < -0.3 is 19.7 Å². The number of allylic oxidation sites excluding steroid dienone is 1. The molecule has 6 heteroatoms. The van der Waals surface area contributed by atoms with Crippen molar-refractivity contribution in [3.05, 3.63) is 70.9 Å². The number of amides is 1. The fourth-order valence-corrected chi connectivity index (χ4v) is 3.87. The summed E-state index contributed by atoms with van der Waals surface area (Å²) >= 11 is 0. The van der Waals surface area contributed by atoms with Gasteiger partial charge in [0.25, 0.3) is 5.91 Å². The van der Waals surface area contributed by atoms with Crippen molar-refractivity contribution in [1.82, 2.24) is 10.2 Å². The van der Waals surface area contributed by atoms with Crippen LogP contribution in [0, 0.1) is 0 Å². The van der Waals surface area contributed by atoms with E-state index in [1.54, 1.807) is 25.3 Å². The van der Waals surface area contributed by atoms with E-state index < -0.39 is 0 Å². The Morgan fingerprint density at radius 1 is 1.14 bits per heavy atom. The number of ketones is 1. The highest BCUT2D eigenvalue weighted by Gasteiger charge is 2.36. The number of piperazine rings is 1. The number of nitrogens with one attached hydrogen (secondary N) is 1. The summed E-state index contributed by atoms with van der Waals surface area (Å²) in [5, 5.41) is 3.15. The molecule has 2 heterocycles. The van der Waals surface area contributed by atoms with E-state index in [1.165, 1.54) is 24.3 Å². The number of ether oxygens (including phenoxy) is 2. The van der Waals surface area contributed by atoms with E-state index in [4.69, 9.17) is 9.47 Å². The maximum absolute atomic E-state index is 13.0. The summed E-state index contributed by atoms with van der Waals surface area (Å²) < 4.78 is 10.5. The van der Waals surface area contributed by atoms with Gasteiger partial charge in [-0.05, 0) is 35.7 Å². The van der Waals surface area contributed by atoms with Crippen molar-refractivity contribution in [3.63, 3.8) is 0 Å². The van der Waals surface area contributed by atoms with Crippen LogP contribution >= 0.6 is 0 Å². The predicted octanol–water partition coefficient (Wildman–Crippen LogP) is 2.50. The van der Waals surface area contributed by atoms with Crippen LogP contribution in [0.5, 0.6) is 11.5 Å². The molecule has 1 fully saturated rings. The third kappa shape index (κ3) is 3.11. The lowest BCUT2D eigenvalue weighted by Crippen LogP contribution is -2.51. The highest BCUT2D eigenvalue weighted by atomic mass is 16.5. The summed E-state index contributed by atoms with van der Waals surface area (Å²) in [6.45, 7) is 1.25. The lowest BCUT2D eigenvalue weighted by Gasteiger charge is -2.41. The predicted molar refractivity (Wildman–Crippen MR) is 105 cm³/mol. The topological polar surface area (TPSA) is 67.9 Å². The van der Waals surface area contributed by atoms with E-state index in [-0.39, 0.29) is 17.7 Å². The van der Waals surface area contributed by atoms with E-state index in [9.17, 15) is 9.59 Å². The second-order valence-electron chi connectivity index (χ2n) is 6.84. The molecule has 0 unspecified atom stereocenters. The fraction of sp³-hybridized carbons (Fsp3) is 0.273. The molecule has 0 radical (unpaired) electrons. The van der Waals surface area contributed by atoms with Gasteiger partial charge in [0.2, 0.25) is 0 Å². The van der Waals surface area contributed by atoms with Crippen molar-refractivity contribution in [1.29, 1.82) is 0 Å². The molecule has 0 saturated carbocycles. The van der Waals surface area contributed by atoms with E-state index in [2.05, 4.69) is 17.4 Å². The zero-order valence-corrected chi connectivity index (χ0v) is 15.9. The molecule has 4 rings (SSSR count). The molecule has 1 saturated heterocycles. The first kappa shape index (κ1) is 18.1. The molecule has 6 nitrogen and oxygen atoms in total. The van der Waals surface area contributed by atoms with Crippen molar-refractivity contribution in [2.45, 2.75) is 12.5 Å². The molecule has 0 spiro atoms. The smallest absolute Gasteiger partial charge is 0.270 e. The number of carbonyl (C=O) groups is 2. The Labute approximate surface area is 163 Å². The number of hydrogen-bond donors (Lipinski definition) is 1. The standard InChI is InChI=1S/C22H22N2O4/c1-27-20-8-7-15(11-21(20)28-2)19(25)12-17-22(26)24-10-9-14-5-3-4-6-16(14)18(24)13-23-17/h3-8,11-12,18,23H,9-10,13H2,1-2H3/b17-12+/t18-/m0/s1. The molecule has 2 aromatic rings. The zero-order valence-electron chi connectivity index (χ0n) is 15.9. The average molecular weight is 378 g/mol. The van der Waals surface area contributed by atoms with Gasteiger partial charge in [-0.2, -0.15) is 0 Å².